The molecule has 0 aliphatic rings. The Balaban J connectivity index is 2.83. The van der Waals surface area contributed by atoms with Crippen molar-refractivity contribution in [3.05, 3.63) is 12.2 Å². The fraction of sp³-hybridized carbons (Fsp3) is 0.833. The van der Waals surface area contributed by atoms with Crippen LogP contribution in [0.5, 0.6) is 0 Å². The quantitative estimate of drug-likeness (QED) is 0.800. The van der Waals surface area contributed by atoms with Gasteiger partial charge in [-0.2, -0.15) is 5.10 Å². The van der Waals surface area contributed by atoms with Gasteiger partial charge in [-0.15, -0.1) is 0 Å². The molecule has 0 amide bonds. The van der Waals surface area contributed by atoms with Crippen molar-refractivity contribution in [3.63, 3.8) is 0 Å². The molecule has 0 aromatic carbocycles. The first-order valence-electron chi connectivity index (χ1n) is 6.04. The third kappa shape index (κ3) is 2.82. The maximum atomic E-state index is 4.36. The highest BCUT2D eigenvalue weighted by molar-refractivity contribution is 4.94. The molecule has 1 N–H and O–H groups in total. The van der Waals surface area contributed by atoms with Crippen LogP contribution in [0.4, 0.5) is 0 Å². The SMILES string of the molecule is CCn1ncnc1CC(C)(CNC)C(C)C. The summed E-state index contributed by atoms with van der Waals surface area (Å²) in [6.07, 6.45) is 2.62. The summed E-state index contributed by atoms with van der Waals surface area (Å²) in [5.74, 6) is 1.70. The molecule has 0 fully saturated rings. The second kappa shape index (κ2) is 5.43. The highest BCUT2D eigenvalue weighted by atomic mass is 15.3. The maximum Gasteiger partial charge on any atom is 0.138 e. The van der Waals surface area contributed by atoms with E-state index in [0.29, 0.717) is 5.92 Å². The standard InChI is InChI=1S/C12H24N4/c1-6-16-11(14-9-15-16)7-12(4,8-13-5)10(2)3/h9-10,13H,6-8H2,1-5H3. The third-order valence-corrected chi connectivity index (χ3v) is 3.53. The van der Waals surface area contributed by atoms with Crippen molar-refractivity contribution in [1.82, 2.24) is 20.1 Å². The lowest BCUT2D eigenvalue weighted by Gasteiger charge is -2.33. The first kappa shape index (κ1) is 13.2. The molecule has 1 aromatic heterocycles. The van der Waals surface area contributed by atoms with Gasteiger partial charge in [0.1, 0.15) is 12.2 Å². The van der Waals surface area contributed by atoms with Crippen LogP contribution in [0.15, 0.2) is 6.33 Å². The van der Waals surface area contributed by atoms with Gasteiger partial charge in [0, 0.05) is 19.5 Å². The first-order chi connectivity index (χ1) is 7.53. The van der Waals surface area contributed by atoms with E-state index in [0.717, 1.165) is 25.3 Å². The van der Waals surface area contributed by atoms with Crippen molar-refractivity contribution >= 4 is 0 Å². The maximum absolute atomic E-state index is 4.36. The molecule has 0 spiro atoms. The molecule has 0 radical (unpaired) electrons. The Morgan fingerprint density at radius 3 is 2.69 bits per heavy atom. The van der Waals surface area contributed by atoms with E-state index in [1.807, 2.05) is 11.7 Å². The topological polar surface area (TPSA) is 42.7 Å². The summed E-state index contributed by atoms with van der Waals surface area (Å²) in [6, 6.07) is 0. The molecule has 16 heavy (non-hydrogen) atoms. The molecular formula is C12H24N4. The van der Waals surface area contributed by atoms with Crippen molar-refractivity contribution in [2.75, 3.05) is 13.6 Å². The average Bonchev–Trinajstić information content (AvgIpc) is 2.65. The van der Waals surface area contributed by atoms with Crippen molar-refractivity contribution < 1.29 is 0 Å². The Bertz CT molecular complexity index is 319. The molecule has 1 atom stereocenters. The second-order valence-electron chi connectivity index (χ2n) is 5.01. The van der Waals surface area contributed by atoms with Crippen LogP contribution in [0.25, 0.3) is 0 Å². The largest absolute Gasteiger partial charge is 0.319 e. The molecular weight excluding hydrogens is 200 g/mol. The van der Waals surface area contributed by atoms with E-state index >= 15 is 0 Å². The van der Waals surface area contributed by atoms with Crippen LogP contribution in [0.1, 0.15) is 33.5 Å². The third-order valence-electron chi connectivity index (χ3n) is 3.53. The molecule has 1 heterocycles. The fourth-order valence-corrected chi connectivity index (χ4v) is 1.92. The minimum absolute atomic E-state index is 0.231. The van der Waals surface area contributed by atoms with Gasteiger partial charge in [0.2, 0.25) is 0 Å². The Hall–Kier alpha value is -0.900. The van der Waals surface area contributed by atoms with E-state index in [-0.39, 0.29) is 5.41 Å². The number of nitrogens with one attached hydrogen (secondary N) is 1. The molecule has 0 saturated heterocycles. The predicted octanol–water partition coefficient (Wildman–Crippen LogP) is 1.72. The van der Waals surface area contributed by atoms with Crippen molar-refractivity contribution in [1.29, 1.82) is 0 Å². The molecule has 4 nitrogen and oxygen atoms in total. The highest BCUT2D eigenvalue weighted by Gasteiger charge is 2.29. The lowest BCUT2D eigenvalue weighted by atomic mass is 9.76. The lowest BCUT2D eigenvalue weighted by Crippen LogP contribution is -2.37. The van der Waals surface area contributed by atoms with E-state index in [4.69, 9.17) is 0 Å². The van der Waals surface area contributed by atoms with E-state index < -0.39 is 0 Å². The van der Waals surface area contributed by atoms with Crippen molar-refractivity contribution in [2.24, 2.45) is 11.3 Å². The van der Waals surface area contributed by atoms with Gasteiger partial charge in [0.25, 0.3) is 0 Å². The summed E-state index contributed by atoms with van der Waals surface area (Å²) in [4.78, 5) is 4.36. The molecule has 0 aliphatic carbocycles. The first-order valence-corrected chi connectivity index (χ1v) is 6.04. The predicted molar refractivity (Wildman–Crippen MR) is 66.3 cm³/mol. The van der Waals surface area contributed by atoms with Crippen LogP contribution in [0, 0.1) is 11.3 Å². The van der Waals surface area contributed by atoms with Gasteiger partial charge in [-0.3, -0.25) is 4.68 Å². The molecule has 0 bridgehead atoms. The molecule has 1 aromatic rings. The molecule has 1 rings (SSSR count). The lowest BCUT2D eigenvalue weighted by molar-refractivity contribution is 0.205. The van der Waals surface area contributed by atoms with E-state index in [9.17, 15) is 0 Å². The van der Waals surface area contributed by atoms with Gasteiger partial charge < -0.3 is 5.32 Å². The summed E-state index contributed by atoms with van der Waals surface area (Å²) in [5, 5.41) is 7.51. The number of hydrogen-bond donors (Lipinski definition) is 1. The van der Waals surface area contributed by atoms with E-state index in [1.165, 1.54) is 0 Å². The van der Waals surface area contributed by atoms with Crippen LogP contribution in [-0.2, 0) is 13.0 Å². The molecule has 0 saturated carbocycles. The van der Waals surface area contributed by atoms with Crippen molar-refractivity contribution in [3.8, 4) is 0 Å². The Morgan fingerprint density at radius 1 is 1.50 bits per heavy atom. The average molecular weight is 224 g/mol. The van der Waals surface area contributed by atoms with Gasteiger partial charge in [-0.05, 0) is 25.3 Å². The van der Waals surface area contributed by atoms with E-state index in [1.54, 1.807) is 6.33 Å². The Labute approximate surface area is 98.5 Å². The van der Waals surface area contributed by atoms with Gasteiger partial charge >= 0.3 is 0 Å². The number of nitrogens with zero attached hydrogens (tertiary/aromatic N) is 3. The summed E-state index contributed by atoms with van der Waals surface area (Å²) >= 11 is 0. The minimum atomic E-state index is 0.231. The fourth-order valence-electron chi connectivity index (χ4n) is 1.92. The van der Waals surface area contributed by atoms with Crippen LogP contribution in [-0.4, -0.2) is 28.4 Å². The van der Waals surface area contributed by atoms with Crippen molar-refractivity contribution in [2.45, 2.75) is 40.7 Å². The number of aryl methyl sites for hydroxylation is 1. The molecule has 92 valence electrons. The Kier molecular flexibility index (Phi) is 4.47. The van der Waals surface area contributed by atoms with Gasteiger partial charge in [-0.1, -0.05) is 20.8 Å². The molecule has 0 aliphatic heterocycles. The van der Waals surface area contributed by atoms with Crippen LogP contribution < -0.4 is 5.32 Å². The van der Waals surface area contributed by atoms with Crippen LogP contribution in [0.2, 0.25) is 0 Å². The van der Waals surface area contributed by atoms with Gasteiger partial charge in [0.15, 0.2) is 0 Å². The van der Waals surface area contributed by atoms with E-state index in [2.05, 4.69) is 43.1 Å². The van der Waals surface area contributed by atoms with Gasteiger partial charge in [0.05, 0.1) is 0 Å². The Morgan fingerprint density at radius 2 is 2.19 bits per heavy atom. The minimum Gasteiger partial charge on any atom is -0.319 e. The number of aromatic nitrogens is 3. The summed E-state index contributed by atoms with van der Waals surface area (Å²) in [5.41, 5.74) is 0.231. The van der Waals surface area contributed by atoms with Crippen LogP contribution >= 0.6 is 0 Å². The smallest absolute Gasteiger partial charge is 0.138 e. The summed E-state index contributed by atoms with van der Waals surface area (Å²) < 4.78 is 1.98. The normalized spacial score (nSPS) is 15.4. The zero-order valence-corrected chi connectivity index (χ0v) is 11.1. The summed E-state index contributed by atoms with van der Waals surface area (Å²) in [7, 11) is 2.01. The zero-order valence-electron chi connectivity index (χ0n) is 11.1. The molecule has 4 heteroatoms. The van der Waals surface area contributed by atoms with Gasteiger partial charge in [-0.25, -0.2) is 4.98 Å². The zero-order chi connectivity index (χ0) is 12.2. The second-order valence-corrected chi connectivity index (χ2v) is 5.01. The highest BCUT2D eigenvalue weighted by Crippen LogP contribution is 2.29. The number of rotatable bonds is 6. The number of hydrogen-bond acceptors (Lipinski definition) is 3. The molecule has 1 unspecified atom stereocenters. The monoisotopic (exact) mass is 224 g/mol. The summed E-state index contributed by atoms with van der Waals surface area (Å²) in [6.45, 7) is 10.8. The van der Waals surface area contributed by atoms with Crippen LogP contribution in [0.3, 0.4) is 0 Å².